The Morgan fingerprint density at radius 1 is 0.769 bits per heavy atom. The summed E-state index contributed by atoms with van der Waals surface area (Å²) in [4.78, 5) is 12.2. The second kappa shape index (κ2) is 7.15. The Balaban J connectivity index is 1.63. The molecule has 0 saturated heterocycles. The van der Waals surface area contributed by atoms with E-state index in [0.29, 0.717) is 17.8 Å². The van der Waals surface area contributed by atoms with Crippen molar-refractivity contribution >= 4 is 17.1 Å². The molecule has 4 aromatic rings. The van der Waals surface area contributed by atoms with Gasteiger partial charge in [0, 0.05) is 17.4 Å². The molecule has 128 valence electrons. The van der Waals surface area contributed by atoms with Gasteiger partial charge in [0.15, 0.2) is 0 Å². The Kier molecular flexibility index (Phi) is 4.39. The Morgan fingerprint density at radius 2 is 1.42 bits per heavy atom. The van der Waals surface area contributed by atoms with Crippen molar-refractivity contribution in [2.45, 2.75) is 6.42 Å². The number of ether oxygens (including phenoxy) is 2. The van der Waals surface area contributed by atoms with E-state index in [0.717, 1.165) is 16.5 Å². The molecule has 1 aromatic heterocycles. The largest absolute Gasteiger partial charge is 0.521 e. The van der Waals surface area contributed by atoms with Crippen LogP contribution in [0.1, 0.15) is 11.1 Å². The fourth-order valence-corrected chi connectivity index (χ4v) is 2.81. The Bertz CT molecular complexity index is 1020. The van der Waals surface area contributed by atoms with Crippen molar-refractivity contribution in [1.82, 2.24) is 0 Å². The summed E-state index contributed by atoms with van der Waals surface area (Å²) in [5, 5.41) is 0.916. The molecule has 0 unspecified atom stereocenters. The predicted octanol–water partition coefficient (Wildman–Crippen LogP) is 5.60. The molecular weight excluding hydrogens is 328 g/mol. The number of benzene rings is 3. The van der Waals surface area contributed by atoms with Gasteiger partial charge in [-0.25, -0.2) is 4.79 Å². The highest BCUT2D eigenvalue weighted by molar-refractivity contribution is 5.84. The van der Waals surface area contributed by atoms with Gasteiger partial charge in [-0.2, -0.15) is 0 Å². The topological polar surface area (TPSA) is 48.7 Å². The lowest BCUT2D eigenvalue weighted by Crippen LogP contribution is -2.14. The minimum Gasteiger partial charge on any atom is -0.425 e. The first-order valence-corrected chi connectivity index (χ1v) is 8.28. The summed E-state index contributed by atoms with van der Waals surface area (Å²) in [6.07, 6.45) is -0.240. The number of para-hydroxylation sites is 2. The SMILES string of the molecule is O=C(Oc1ccccc1)Oc1oc2ccccc2c1Cc1ccccc1. The molecule has 1 heterocycles. The Labute approximate surface area is 150 Å². The van der Waals surface area contributed by atoms with E-state index in [9.17, 15) is 4.79 Å². The monoisotopic (exact) mass is 344 g/mol. The van der Waals surface area contributed by atoms with Crippen molar-refractivity contribution in [3.05, 3.63) is 96.1 Å². The minimum absolute atomic E-state index is 0.163. The lowest BCUT2D eigenvalue weighted by molar-refractivity contribution is 0.140. The van der Waals surface area contributed by atoms with Gasteiger partial charge in [-0.15, -0.1) is 0 Å². The fraction of sp³-hybridized carbons (Fsp3) is 0.0455. The van der Waals surface area contributed by atoms with E-state index in [4.69, 9.17) is 13.9 Å². The second-order valence-electron chi connectivity index (χ2n) is 5.79. The number of carbonyl (C=O) groups is 1. The molecule has 0 amide bonds. The summed E-state index contributed by atoms with van der Waals surface area (Å²) < 4.78 is 16.3. The summed E-state index contributed by atoms with van der Waals surface area (Å²) >= 11 is 0. The molecule has 0 aliphatic rings. The zero-order valence-corrected chi connectivity index (χ0v) is 13.9. The maximum absolute atomic E-state index is 12.2. The van der Waals surface area contributed by atoms with Crippen molar-refractivity contribution < 1.29 is 18.7 Å². The molecule has 3 aromatic carbocycles. The maximum Gasteiger partial charge on any atom is 0.521 e. The van der Waals surface area contributed by atoms with Crippen molar-refractivity contribution in [3.8, 4) is 11.7 Å². The first-order chi connectivity index (χ1) is 12.8. The van der Waals surface area contributed by atoms with Crippen molar-refractivity contribution in [1.29, 1.82) is 0 Å². The molecule has 0 N–H and O–H groups in total. The zero-order chi connectivity index (χ0) is 17.8. The normalized spacial score (nSPS) is 10.6. The standard InChI is InChI=1S/C22H16O4/c23-22(24-17-11-5-2-6-12-17)26-21-19(15-16-9-3-1-4-10-16)18-13-7-8-14-20(18)25-21/h1-14H,15H2. The first-order valence-electron chi connectivity index (χ1n) is 8.28. The number of fused-ring (bicyclic) bond motifs is 1. The second-order valence-corrected chi connectivity index (χ2v) is 5.79. The lowest BCUT2D eigenvalue weighted by atomic mass is 10.0. The maximum atomic E-state index is 12.2. The predicted molar refractivity (Wildman–Crippen MR) is 98.6 cm³/mol. The number of rotatable bonds is 4. The molecule has 0 saturated carbocycles. The third-order valence-electron chi connectivity index (χ3n) is 4.01. The van der Waals surface area contributed by atoms with Gasteiger partial charge in [0.1, 0.15) is 11.3 Å². The molecule has 0 aliphatic carbocycles. The van der Waals surface area contributed by atoms with Gasteiger partial charge < -0.3 is 13.9 Å². The highest BCUT2D eigenvalue weighted by Gasteiger charge is 2.20. The third kappa shape index (κ3) is 3.44. The van der Waals surface area contributed by atoms with Gasteiger partial charge in [0.25, 0.3) is 5.95 Å². The van der Waals surface area contributed by atoms with E-state index in [1.165, 1.54) is 0 Å². The average Bonchev–Trinajstić information content (AvgIpc) is 3.00. The van der Waals surface area contributed by atoms with Crippen LogP contribution in [-0.4, -0.2) is 6.16 Å². The van der Waals surface area contributed by atoms with Gasteiger partial charge in [-0.05, 0) is 23.8 Å². The molecule has 0 spiro atoms. The van der Waals surface area contributed by atoms with E-state index in [1.54, 1.807) is 24.3 Å². The zero-order valence-electron chi connectivity index (χ0n) is 13.9. The molecule has 26 heavy (non-hydrogen) atoms. The minimum atomic E-state index is -0.829. The van der Waals surface area contributed by atoms with Crippen LogP contribution in [0.25, 0.3) is 11.0 Å². The number of furan rings is 1. The van der Waals surface area contributed by atoms with Crippen LogP contribution in [0.4, 0.5) is 4.79 Å². The van der Waals surface area contributed by atoms with Crippen LogP contribution in [0, 0.1) is 0 Å². The molecule has 4 heteroatoms. The number of hydrogen-bond acceptors (Lipinski definition) is 4. The third-order valence-corrected chi connectivity index (χ3v) is 4.01. The quantitative estimate of drug-likeness (QED) is 0.357. The molecule has 0 aliphatic heterocycles. The van der Waals surface area contributed by atoms with E-state index in [2.05, 4.69) is 0 Å². The molecule has 0 radical (unpaired) electrons. The molecule has 0 atom stereocenters. The average molecular weight is 344 g/mol. The Morgan fingerprint density at radius 3 is 2.19 bits per heavy atom. The van der Waals surface area contributed by atoms with Crippen molar-refractivity contribution in [2.75, 3.05) is 0 Å². The van der Waals surface area contributed by atoms with Gasteiger partial charge in [0.2, 0.25) is 0 Å². The molecular formula is C22H16O4. The summed E-state index contributed by atoms with van der Waals surface area (Å²) in [5.74, 6) is 0.578. The smallest absolute Gasteiger partial charge is 0.425 e. The van der Waals surface area contributed by atoms with Crippen LogP contribution in [0.3, 0.4) is 0 Å². The van der Waals surface area contributed by atoms with Crippen LogP contribution in [0.5, 0.6) is 11.7 Å². The van der Waals surface area contributed by atoms with Crippen molar-refractivity contribution in [2.24, 2.45) is 0 Å². The van der Waals surface area contributed by atoms with E-state index in [-0.39, 0.29) is 5.95 Å². The van der Waals surface area contributed by atoms with Gasteiger partial charge in [-0.1, -0.05) is 66.7 Å². The molecule has 4 rings (SSSR count). The highest BCUT2D eigenvalue weighted by atomic mass is 16.8. The van der Waals surface area contributed by atoms with Gasteiger partial charge in [-0.3, -0.25) is 0 Å². The van der Waals surface area contributed by atoms with Crippen molar-refractivity contribution in [3.63, 3.8) is 0 Å². The summed E-state index contributed by atoms with van der Waals surface area (Å²) in [6.45, 7) is 0. The molecule has 0 fully saturated rings. The van der Waals surface area contributed by atoms with Crippen LogP contribution >= 0.6 is 0 Å². The van der Waals surface area contributed by atoms with Crippen LogP contribution < -0.4 is 9.47 Å². The summed E-state index contributed by atoms with van der Waals surface area (Å²) in [6, 6.07) is 26.3. The molecule has 0 bridgehead atoms. The Hall–Kier alpha value is -3.53. The summed E-state index contributed by atoms with van der Waals surface area (Å²) in [7, 11) is 0. The van der Waals surface area contributed by atoms with Crippen LogP contribution in [0.15, 0.2) is 89.3 Å². The van der Waals surface area contributed by atoms with Crippen LogP contribution in [0.2, 0.25) is 0 Å². The van der Waals surface area contributed by atoms with Gasteiger partial charge >= 0.3 is 6.16 Å². The van der Waals surface area contributed by atoms with E-state index < -0.39 is 6.16 Å². The van der Waals surface area contributed by atoms with Crippen LogP contribution in [-0.2, 0) is 6.42 Å². The highest BCUT2D eigenvalue weighted by Crippen LogP contribution is 2.34. The first kappa shape index (κ1) is 16.0. The summed E-state index contributed by atoms with van der Waals surface area (Å²) in [5.41, 5.74) is 2.58. The molecule has 4 nitrogen and oxygen atoms in total. The fourth-order valence-electron chi connectivity index (χ4n) is 2.81. The van der Waals surface area contributed by atoms with E-state index >= 15 is 0 Å². The number of hydrogen-bond donors (Lipinski definition) is 0. The van der Waals surface area contributed by atoms with E-state index in [1.807, 2.05) is 60.7 Å². The lowest BCUT2D eigenvalue weighted by Gasteiger charge is -2.05. The van der Waals surface area contributed by atoms with Gasteiger partial charge in [0.05, 0.1) is 0 Å². The number of carbonyl (C=O) groups excluding carboxylic acids is 1.